The van der Waals surface area contributed by atoms with E-state index in [1.165, 1.54) is 11.3 Å². The zero-order valence-electron chi connectivity index (χ0n) is 36.0. The number of thiophene rings is 1. The molecular weight excluding hydrogens is 814 g/mol. The van der Waals surface area contributed by atoms with Gasteiger partial charge in [-0.2, -0.15) is 25.7 Å². The Morgan fingerprint density at radius 2 is 1.80 bits per heavy atom. The molecule has 2 aromatic heterocycles. The molecule has 2 saturated heterocycles. The first kappa shape index (κ1) is 44.1. The largest absolute Gasteiger partial charge is 0.459 e. The number of nitrogens with zero attached hydrogens (tertiary/aromatic N) is 6. The van der Waals surface area contributed by atoms with Gasteiger partial charge in [-0.3, -0.25) is 10.3 Å². The molecule has 17 heteroatoms. The number of likely N-dealkylation sites (N-methyl/N-ethyl adjacent to an activating group) is 1. The summed E-state index contributed by atoms with van der Waals surface area (Å²) in [6.07, 6.45) is 0.636. The number of hydroxylamine groups is 1. The fraction of sp³-hybridized carbons (Fsp3) is 0.500. The Kier molecular flexibility index (Phi) is 12.6. The molecule has 2 aliphatic heterocycles. The molecule has 0 spiro atoms. The summed E-state index contributed by atoms with van der Waals surface area (Å²) in [7, 11) is -1.20. The molecule has 2 aromatic carbocycles. The fourth-order valence-corrected chi connectivity index (χ4v) is 15.2. The van der Waals surface area contributed by atoms with Crippen LogP contribution in [0.15, 0.2) is 60.7 Å². The maximum atomic E-state index is 14.5. The number of amidine groups is 1. The molecule has 7 rings (SSSR count). The number of nitriles is 1. The minimum Gasteiger partial charge on any atom is -0.459 e. The molecule has 3 aliphatic rings. The molecule has 324 valence electrons. The quantitative estimate of drug-likeness (QED) is 0.0835. The molecule has 14 nitrogen and oxygen atoms in total. The number of benzene rings is 2. The number of carbonyl (C=O) groups is 1. The van der Waals surface area contributed by atoms with Gasteiger partial charge < -0.3 is 29.4 Å². The van der Waals surface area contributed by atoms with Gasteiger partial charge in [-0.25, -0.2) is 9.18 Å². The van der Waals surface area contributed by atoms with Gasteiger partial charge in [-0.1, -0.05) is 81.4 Å². The van der Waals surface area contributed by atoms with Crippen LogP contribution in [0.25, 0.3) is 0 Å². The van der Waals surface area contributed by atoms with Crippen LogP contribution in [0.4, 0.5) is 15.3 Å². The van der Waals surface area contributed by atoms with Gasteiger partial charge in [-0.05, 0) is 68.9 Å². The number of nitrogens with two attached hydrogens (primary N) is 1. The minimum absolute atomic E-state index is 0.0721. The summed E-state index contributed by atoms with van der Waals surface area (Å²) in [5.41, 5.74) is 7.47. The second-order valence-electron chi connectivity index (χ2n) is 17.9. The van der Waals surface area contributed by atoms with Gasteiger partial charge in [0.2, 0.25) is 11.8 Å². The molecule has 0 amide bonds. The van der Waals surface area contributed by atoms with Crippen molar-refractivity contribution in [2.75, 3.05) is 50.5 Å². The standard InChI is InChI=1S/C44H56FN9O5SSi/c1-28(33-23-29(45)25-53(33)7)57-41-50-38(36(47)52-58-39(55)44(6)20-14-19-34-35(44)32(24-46)37(48)60-34)49-40(51-41)54-21-22-56-27-43(5,26-54)59-61(42(2,3)4,30-15-10-8-11-16-30)31-17-12-9-13-18-31/h8-13,15-18,28-29,33H,14,19-23,25-27,48H2,1-7H3,(H2,47,52)/t28-,29+,33-,43?,44-/m0/s1. The van der Waals surface area contributed by atoms with Gasteiger partial charge in [0.1, 0.15) is 23.3 Å². The number of aromatic nitrogens is 3. The third-order valence-corrected chi connectivity index (χ3v) is 18.5. The normalized spacial score (nSPS) is 24.0. The molecule has 4 heterocycles. The first-order chi connectivity index (χ1) is 29.0. The topological polar surface area (TPSA) is 185 Å². The van der Waals surface area contributed by atoms with Gasteiger partial charge in [0, 0.05) is 29.6 Å². The van der Waals surface area contributed by atoms with Crippen molar-refractivity contribution in [2.24, 2.45) is 0 Å². The minimum atomic E-state index is -3.06. The fourth-order valence-electron chi connectivity index (χ4n) is 9.21. The predicted molar refractivity (Wildman–Crippen MR) is 236 cm³/mol. The van der Waals surface area contributed by atoms with Crippen LogP contribution in [0.2, 0.25) is 5.04 Å². The number of aryl methyl sites for hydroxylation is 1. The molecule has 5 atom stereocenters. The lowest BCUT2D eigenvalue weighted by Crippen LogP contribution is -2.70. The second-order valence-corrected chi connectivity index (χ2v) is 23.3. The van der Waals surface area contributed by atoms with E-state index in [0.29, 0.717) is 62.6 Å². The Hall–Kier alpha value is -4.99. The van der Waals surface area contributed by atoms with Crippen LogP contribution >= 0.6 is 11.3 Å². The molecular formula is C44H56FN9O5SSi. The van der Waals surface area contributed by atoms with E-state index in [9.17, 15) is 14.4 Å². The first-order valence-corrected chi connectivity index (χ1v) is 23.5. The summed E-state index contributed by atoms with van der Waals surface area (Å²) in [5.74, 6) is -1.03. The van der Waals surface area contributed by atoms with Gasteiger partial charge >= 0.3 is 12.0 Å². The number of alkyl halides is 1. The number of carbonyl (C=O) groups excluding carboxylic acids is 1. The van der Waals surface area contributed by atoms with Crippen LogP contribution in [0.5, 0.6) is 6.01 Å². The van der Waals surface area contributed by atoms with Gasteiger partial charge in [-0.15, -0.1) is 11.3 Å². The Balaban J connectivity index is 1.21. The summed E-state index contributed by atoms with van der Waals surface area (Å²) in [4.78, 5) is 38.2. The third kappa shape index (κ3) is 8.74. The van der Waals surface area contributed by atoms with E-state index in [1.54, 1.807) is 6.92 Å². The number of ether oxygens (including phenoxy) is 2. The number of anilines is 2. The van der Waals surface area contributed by atoms with E-state index in [1.807, 2.05) is 60.2 Å². The van der Waals surface area contributed by atoms with Gasteiger partial charge in [0.25, 0.3) is 8.32 Å². The predicted octanol–water partition coefficient (Wildman–Crippen LogP) is 5.04. The van der Waals surface area contributed by atoms with E-state index in [-0.39, 0.29) is 41.0 Å². The summed E-state index contributed by atoms with van der Waals surface area (Å²) in [6.45, 7) is 13.9. The van der Waals surface area contributed by atoms with Crippen molar-refractivity contribution in [3.05, 3.63) is 82.5 Å². The Bertz CT molecular complexity index is 2230. The van der Waals surface area contributed by atoms with Crippen molar-refractivity contribution < 1.29 is 27.9 Å². The molecule has 0 saturated carbocycles. The van der Waals surface area contributed by atoms with E-state index in [4.69, 9.17) is 39.8 Å². The molecule has 2 fully saturated rings. The van der Waals surface area contributed by atoms with Crippen molar-refractivity contribution >= 4 is 52.8 Å². The van der Waals surface area contributed by atoms with E-state index in [0.717, 1.165) is 15.3 Å². The summed E-state index contributed by atoms with van der Waals surface area (Å²) >= 11 is 1.32. The number of hydrogen-bond acceptors (Lipinski definition) is 14. The zero-order valence-corrected chi connectivity index (χ0v) is 37.8. The number of hydrogen-bond donors (Lipinski definition) is 3. The molecule has 1 aliphatic carbocycles. The maximum Gasteiger partial charge on any atom is 0.342 e. The number of fused-ring (bicyclic) bond motifs is 1. The molecule has 61 heavy (non-hydrogen) atoms. The van der Waals surface area contributed by atoms with Crippen LogP contribution in [-0.2, 0) is 30.6 Å². The molecule has 0 bridgehead atoms. The van der Waals surface area contributed by atoms with Crippen molar-refractivity contribution in [3.8, 4) is 12.1 Å². The zero-order chi connectivity index (χ0) is 43.7. The number of rotatable bonds is 10. The lowest BCUT2D eigenvalue weighted by molar-refractivity contribution is -0.155. The van der Waals surface area contributed by atoms with Gasteiger partial charge in [0.05, 0.1) is 36.3 Å². The smallest absolute Gasteiger partial charge is 0.342 e. The highest BCUT2D eigenvalue weighted by Crippen LogP contribution is 2.46. The summed E-state index contributed by atoms with van der Waals surface area (Å²) in [5, 5.41) is 21.3. The first-order valence-electron chi connectivity index (χ1n) is 20.8. The summed E-state index contributed by atoms with van der Waals surface area (Å²) < 4.78 is 34.8. The Morgan fingerprint density at radius 3 is 2.41 bits per heavy atom. The molecule has 4 N–H and O–H groups in total. The number of nitrogens with one attached hydrogen (secondary N) is 2. The van der Waals surface area contributed by atoms with Crippen LogP contribution in [0, 0.1) is 16.7 Å². The highest BCUT2D eigenvalue weighted by molar-refractivity contribution is 7.16. The van der Waals surface area contributed by atoms with E-state index < -0.39 is 43.4 Å². The SMILES string of the molecule is C[C@H](Oc1nc(C(=N)NOC(=O)[C@@]2(C)CCCc3sc(N)c(C#N)c32)nc(N2CCOCC(C)(O[Si](c3ccccc3)(c3ccccc3)C(C)(C)C)C2)n1)[C@@H]1C[C@@H](F)CN1C. The van der Waals surface area contributed by atoms with Crippen LogP contribution in [0.1, 0.15) is 82.6 Å². The Morgan fingerprint density at radius 1 is 1.13 bits per heavy atom. The van der Waals surface area contributed by atoms with Crippen molar-refractivity contribution in [1.82, 2.24) is 25.3 Å². The third-order valence-electron chi connectivity index (χ3n) is 12.2. The lowest BCUT2D eigenvalue weighted by Gasteiger charge is -2.48. The maximum absolute atomic E-state index is 14.5. The number of likely N-dealkylation sites (tertiary alicyclic amines) is 1. The second kappa shape index (κ2) is 17.4. The van der Waals surface area contributed by atoms with Crippen molar-refractivity contribution in [2.45, 2.75) is 102 Å². The highest BCUT2D eigenvalue weighted by atomic mass is 32.1. The van der Waals surface area contributed by atoms with Gasteiger partial charge in [0.15, 0.2) is 5.84 Å². The van der Waals surface area contributed by atoms with Crippen LogP contribution in [0.3, 0.4) is 0 Å². The lowest BCUT2D eigenvalue weighted by atomic mass is 9.72. The average Bonchev–Trinajstić information content (AvgIpc) is 3.68. The van der Waals surface area contributed by atoms with Crippen molar-refractivity contribution in [1.29, 1.82) is 10.7 Å². The highest BCUT2D eigenvalue weighted by Gasteiger charge is 2.54. The Labute approximate surface area is 362 Å². The van der Waals surface area contributed by atoms with Crippen molar-refractivity contribution in [3.63, 3.8) is 0 Å². The van der Waals surface area contributed by atoms with E-state index in [2.05, 4.69) is 68.5 Å². The average molecular weight is 870 g/mol. The van der Waals surface area contributed by atoms with Crippen LogP contribution < -0.4 is 31.2 Å². The van der Waals surface area contributed by atoms with E-state index >= 15 is 0 Å². The number of nitrogen functional groups attached to an aromatic ring is 1. The molecule has 4 aromatic rings. The number of halogens is 1. The molecule has 0 radical (unpaired) electrons. The van der Waals surface area contributed by atoms with Crippen LogP contribution in [-0.4, -0.2) is 104 Å². The monoisotopic (exact) mass is 869 g/mol. The summed E-state index contributed by atoms with van der Waals surface area (Å²) in [6, 6.07) is 22.7. The molecule has 1 unspecified atom stereocenters.